The largest absolute Gasteiger partial charge is 0.508 e. The summed E-state index contributed by atoms with van der Waals surface area (Å²) >= 11 is 0. The lowest BCUT2D eigenvalue weighted by atomic mass is 10.1. The molecule has 0 saturated carbocycles. The number of aryl methyl sites for hydroxylation is 2. The predicted molar refractivity (Wildman–Crippen MR) is 152 cm³/mol. The molecule has 2 N–H and O–H groups in total. The van der Waals surface area contributed by atoms with Gasteiger partial charge in [-0.05, 0) is 73.2 Å². The second-order valence-electron chi connectivity index (χ2n) is 9.19. The molecule has 8 heteroatoms. The number of nitrogens with one attached hydrogen (secondary N) is 1. The van der Waals surface area contributed by atoms with E-state index in [1.165, 1.54) is 17.6 Å². The van der Waals surface area contributed by atoms with E-state index in [2.05, 4.69) is 5.32 Å². The van der Waals surface area contributed by atoms with E-state index in [0.717, 1.165) is 37.0 Å². The molecule has 3 rings (SSSR count). The molecule has 0 atom stereocenters. The zero-order valence-electron chi connectivity index (χ0n) is 22.9. The van der Waals surface area contributed by atoms with E-state index in [1.807, 2.05) is 36.4 Å². The second-order valence-corrected chi connectivity index (χ2v) is 9.19. The van der Waals surface area contributed by atoms with E-state index < -0.39 is 0 Å². The van der Waals surface area contributed by atoms with Crippen molar-refractivity contribution in [3.05, 3.63) is 77.9 Å². The highest BCUT2D eigenvalue weighted by molar-refractivity contribution is 5.99. The molecule has 3 aromatic carbocycles. The van der Waals surface area contributed by atoms with Gasteiger partial charge in [-0.25, -0.2) is 0 Å². The Morgan fingerprint density at radius 2 is 1.44 bits per heavy atom. The number of aromatic hydroxyl groups is 1. The average Bonchev–Trinajstić information content (AvgIpc) is 2.97. The summed E-state index contributed by atoms with van der Waals surface area (Å²) in [4.78, 5) is 27.7. The first kappa shape index (κ1) is 29.4. The number of hydrogen-bond acceptors (Lipinski definition) is 6. The fourth-order valence-electron chi connectivity index (χ4n) is 4.22. The van der Waals surface area contributed by atoms with Gasteiger partial charge in [0.05, 0.1) is 21.3 Å². The third-order valence-corrected chi connectivity index (χ3v) is 6.47. The first-order valence-electron chi connectivity index (χ1n) is 13.1. The normalized spacial score (nSPS) is 10.5. The Morgan fingerprint density at radius 1 is 0.769 bits per heavy atom. The van der Waals surface area contributed by atoms with Crippen LogP contribution < -0.4 is 24.4 Å². The molecule has 0 radical (unpaired) electrons. The number of benzene rings is 3. The molecule has 0 unspecified atom stereocenters. The average molecular weight is 535 g/mol. The Balaban J connectivity index is 1.56. The zero-order chi connectivity index (χ0) is 28.0. The molecule has 0 spiro atoms. The minimum atomic E-state index is -0.221. The molecule has 0 aliphatic carbocycles. The van der Waals surface area contributed by atoms with Crippen molar-refractivity contribution in [3.8, 4) is 23.0 Å². The van der Waals surface area contributed by atoms with Crippen LogP contribution in [0.15, 0.2) is 66.7 Å². The van der Waals surface area contributed by atoms with Crippen LogP contribution in [0.2, 0.25) is 0 Å². The number of carbonyl (C=O) groups is 2. The lowest BCUT2D eigenvalue weighted by Crippen LogP contribution is -2.41. The number of phenolic OH excluding ortho intramolecular Hbond substituents is 1. The van der Waals surface area contributed by atoms with E-state index in [1.54, 1.807) is 44.6 Å². The van der Waals surface area contributed by atoms with Gasteiger partial charge in [-0.15, -0.1) is 0 Å². The minimum absolute atomic E-state index is 0.0928. The van der Waals surface area contributed by atoms with Crippen molar-refractivity contribution in [3.63, 3.8) is 0 Å². The molecule has 0 aliphatic rings. The van der Waals surface area contributed by atoms with Crippen molar-refractivity contribution < 1.29 is 28.9 Å². The Kier molecular flexibility index (Phi) is 11.5. The Labute approximate surface area is 230 Å². The molecule has 39 heavy (non-hydrogen) atoms. The Bertz CT molecular complexity index is 1190. The van der Waals surface area contributed by atoms with E-state index >= 15 is 0 Å². The fourth-order valence-corrected chi connectivity index (χ4v) is 4.22. The summed E-state index contributed by atoms with van der Waals surface area (Å²) in [5, 5.41) is 12.3. The van der Waals surface area contributed by atoms with E-state index in [-0.39, 0.29) is 30.5 Å². The van der Waals surface area contributed by atoms with Crippen LogP contribution in [-0.4, -0.2) is 51.3 Å². The van der Waals surface area contributed by atoms with E-state index in [0.29, 0.717) is 30.2 Å². The molecule has 0 heterocycles. The number of phenols is 1. The molecule has 0 fully saturated rings. The third-order valence-electron chi connectivity index (χ3n) is 6.47. The molecular formula is C31H38N2O6. The van der Waals surface area contributed by atoms with Crippen LogP contribution in [0, 0.1) is 0 Å². The summed E-state index contributed by atoms with van der Waals surface area (Å²) in [5.41, 5.74) is 2.75. The van der Waals surface area contributed by atoms with Gasteiger partial charge < -0.3 is 29.5 Å². The van der Waals surface area contributed by atoms with Gasteiger partial charge in [0.15, 0.2) is 11.5 Å². The van der Waals surface area contributed by atoms with Gasteiger partial charge in [0.1, 0.15) is 18.0 Å². The number of carbonyl (C=O) groups excluding carboxylic acids is 2. The van der Waals surface area contributed by atoms with Gasteiger partial charge in [0.25, 0.3) is 0 Å². The Hall–Kier alpha value is -4.20. The van der Waals surface area contributed by atoms with Gasteiger partial charge in [-0.2, -0.15) is 0 Å². The summed E-state index contributed by atoms with van der Waals surface area (Å²) in [7, 11) is 4.70. The molecular weight excluding hydrogens is 496 g/mol. The summed E-state index contributed by atoms with van der Waals surface area (Å²) in [6.45, 7) is 0.443. The lowest BCUT2D eigenvalue weighted by Gasteiger charge is -2.23. The first-order valence-corrected chi connectivity index (χ1v) is 13.1. The molecule has 2 amide bonds. The van der Waals surface area contributed by atoms with Crippen LogP contribution in [0.25, 0.3) is 0 Å². The number of nitrogens with zero attached hydrogens (tertiary/aromatic N) is 1. The van der Waals surface area contributed by atoms with Crippen molar-refractivity contribution in [2.45, 2.75) is 38.5 Å². The van der Waals surface area contributed by atoms with Crippen LogP contribution in [-0.2, 0) is 22.4 Å². The maximum atomic E-state index is 13.3. The molecule has 0 saturated heterocycles. The van der Waals surface area contributed by atoms with Crippen LogP contribution in [0.5, 0.6) is 23.0 Å². The van der Waals surface area contributed by atoms with E-state index in [9.17, 15) is 14.7 Å². The van der Waals surface area contributed by atoms with Gasteiger partial charge in [0, 0.05) is 24.7 Å². The predicted octanol–water partition coefficient (Wildman–Crippen LogP) is 4.91. The highest BCUT2D eigenvalue weighted by Crippen LogP contribution is 2.32. The maximum absolute atomic E-state index is 13.3. The smallest absolute Gasteiger partial charge is 0.240 e. The van der Waals surface area contributed by atoms with Crippen LogP contribution in [0.3, 0.4) is 0 Å². The van der Waals surface area contributed by atoms with Gasteiger partial charge in [0.2, 0.25) is 11.8 Å². The van der Waals surface area contributed by atoms with Crippen molar-refractivity contribution in [2.24, 2.45) is 0 Å². The number of hydrogen-bond donors (Lipinski definition) is 2. The number of ether oxygens (including phenoxy) is 3. The van der Waals surface area contributed by atoms with Crippen molar-refractivity contribution in [1.29, 1.82) is 0 Å². The number of amides is 2. The number of methoxy groups -OCH3 is 3. The van der Waals surface area contributed by atoms with Gasteiger partial charge in [-0.1, -0.05) is 30.7 Å². The zero-order valence-corrected chi connectivity index (χ0v) is 22.9. The minimum Gasteiger partial charge on any atom is -0.508 e. The maximum Gasteiger partial charge on any atom is 0.240 e. The van der Waals surface area contributed by atoms with Crippen molar-refractivity contribution in [1.82, 2.24) is 5.32 Å². The highest BCUT2D eigenvalue weighted by Gasteiger charge is 2.21. The monoisotopic (exact) mass is 534 g/mol. The van der Waals surface area contributed by atoms with Crippen LogP contribution >= 0.6 is 0 Å². The third kappa shape index (κ3) is 9.25. The van der Waals surface area contributed by atoms with Crippen LogP contribution in [0.4, 0.5) is 5.69 Å². The first-order chi connectivity index (χ1) is 18.9. The van der Waals surface area contributed by atoms with Gasteiger partial charge >= 0.3 is 0 Å². The summed E-state index contributed by atoms with van der Waals surface area (Å²) in [5.74, 6) is 1.67. The number of rotatable bonds is 15. The second kappa shape index (κ2) is 15.3. The number of anilines is 1. The topological polar surface area (TPSA) is 97.3 Å². The quantitative estimate of drug-likeness (QED) is 0.269. The molecule has 8 nitrogen and oxygen atoms in total. The van der Waals surface area contributed by atoms with Crippen LogP contribution in [0.1, 0.15) is 36.8 Å². The standard InChI is InChI=1S/C31H38N2O6/c1-37-27-16-10-24(11-17-27)12-19-31(36)33(25-13-18-28(38-2)29(21-25)39-3)22-30(35)32-20-6-4-5-7-23-8-14-26(34)15-9-23/h8-11,13-18,21,34H,4-7,12,19-20,22H2,1-3H3,(H,32,35). The summed E-state index contributed by atoms with van der Waals surface area (Å²) in [6, 6.07) is 20.0. The number of unbranched alkanes of at least 4 members (excludes halogenated alkanes) is 2. The van der Waals surface area contributed by atoms with Crippen molar-refractivity contribution in [2.75, 3.05) is 39.3 Å². The van der Waals surface area contributed by atoms with Gasteiger partial charge in [-0.3, -0.25) is 9.59 Å². The van der Waals surface area contributed by atoms with E-state index in [4.69, 9.17) is 14.2 Å². The molecule has 208 valence electrons. The molecule has 3 aromatic rings. The SMILES string of the molecule is COc1ccc(CCC(=O)N(CC(=O)NCCCCCc2ccc(O)cc2)c2ccc(OC)c(OC)c2)cc1. The summed E-state index contributed by atoms with van der Waals surface area (Å²) in [6.07, 6.45) is 4.49. The summed E-state index contributed by atoms with van der Waals surface area (Å²) < 4.78 is 15.9. The molecule has 0 bridgehead atoms. The fraction of sp³-hybridized carbons (Fsp3) is 0.355. The lowest BCUT2D eigenvalue weighted by molar-refractivity contribution is -0.123. The Morgan fingerprint density at radius 3 is 2.10 bits per heavy atom. The highest BCUT2D eigenvalue weighted by atomic mass is 16.5. The van der Waals surface area contributed by atoms with Crippen molar-refractivity contribution >= 4 is 17.5 Å². The molecule has 0 aliphatic heterocycles. The molecule has 0 aromatic heterocycles.